The molecule has 0 saturated carbocycles. The molecular formula is C13H13F2NOS. The Kier molecular flexibility index (Phi) is 4.04. The number of halogens is 2. The van der Waals surface area contributed by atoms with E-state index >= 15 is 0 Å². The van der Waals surface area contributed by atoms with E-state index in [9.17, 15) is 8.78 Å². The number of rotatable bonds is 4. The second kappa shape index (κ2) is 5.54. The highest BCUT2D eigenvalue weighted by atomic mass is 32.2. The summed E-state index contributed by atoms with van der Waals surface area (Å²) in [4.78, 5) is 0.716. The normalized spacial score (nSPS) is 10.9. The molecule has 1 aromatic heterocycles. The number of aryl methyl sites for hydroxylation is 1. The van der Waals surface area contributed by atoms with Crippen molar-refractivity contribution in [2.45, 2.75) is 23.3 Å². The van der Waals surface area contributed by atoms with Gasteiger partial charge in [-0.05, 0) is 37.7 Å². The Morgan fingerprint density at radius 1 is 1.28 bits per heavy atom. The number of furan rings is 1. The second-order valence-electron chi connectivity index (χ2n) is 3.86. The molecule has 1 heterocycles. The van der Waals surface area contributed by atoms with Crippen molar-refractivity contribution < 1.29 is 13.2 Å². The molecule has 0 aliphatic heterocycles. The third kappa shape index (κ3) is 2.73. The molecule has 0 amide bonds. The zero-order valence-corrected chi connectivity index (χ0v) is 10.9. The smallest absolute Gasteiger partial charge is 0.140 e. The van der Waals surface area contributed by atoms with Crippen LogP contribution >= 0.6 is 11.8 Å². The highest BCUT2D eigenvalue weighted by Crippen LogP contribution is 2.34. The molecule has 0 unspecified atom stereocenters. The minimum absolute atomic E-state index is 0.000599. The minimum Gasteiger partial charge on any atom is -0.468 e. The molecule has 2 rings (SSSR count). The van der Waals surface area contributed by atoms with Gasteiger partial charge >= 0.3 is 0 Å². The van der Waals surface area contributed by atoms with Crippen molar-refractivity contribution in [1.29, 1.82) is 0 Å². The molecule has 0 radical (unpaired) electrons. The largest absolute Gasteiger partial charge is 0.468 e. The molecule has 5 heteroatoms. The van der Waals surface area contributed by atoms with Gasteiger partial charge in [0.25, 0.3) is 0 Å². The predicted molar refractivity (Wildman–Crippen MR) is 66.7 cm³/mol. The molecule has 0 aliphatic carbocycles. The van der Waals surface area contributed by atoms with Gasteiger partial charge in [-0.2, -0.15) is 0 Å². The number of benzene rings is 1. The number of hydrogen-bond donors (Lipinski definition) is 1. The van der Waals surface area contributed by atoms with E-state index in [2.05, 4.69) is 5.32 Å². The van der Waals surface area contributed by atoms with E-state index in [0.717, 1.165) is 11.8 Å². The lowest BCUT2D eigenvalue weighted by Crippen LogP contribution is -2.06. The summed E-state index contributed by atoms with van der Waals surface area (Å²) in [5.74, 6) is -0.449. The SMILES string of the molecule is CNCc1cc(F)c(Sc2ccoc2C)c(F)c1. The zero-order chi connectivity index (χ0) is 13.1. The van der Waals surface area contributed by atoms with Crippen molar-refractivity contribution in [1.82, 2.24) is 5.32 Å². The van der Waals surface area contributed by atoms with Crippen LogP contribution in [0.3, 0.4) is 0 Å². The quantitative estimate of drug-likeness (QED) is 0.915. The monoisotopic (exact) mass is 269 g/mol. The number of hydrogen-bond acceptors (Lipinski definition) is 3. The van der Waals surface area contributed by atoms with E-state index in [1.54, 1.807) is 20.0 Å². The number of nitrogens with one attached hydrogen (secondary N) is 1. The molecule has 0 fully saturated rings. The van der Waals surface area contributed by atoms with E-state index in [1.165, 1.54) is 18.4 Å². The highest BCUT2D eigenvalue weighted by molar-refractivity contribution is 7.99. The topological polar surface area (TPSA) is 25.2 Å². The van der Waals surface area contributed by atoms with Crippen molar-refractivity contribution in [2.24, 2.45) is 0 Å². The molecule has 0 atom stereocenters. The summed E-state index contributed by atoms with van der Waals surface area (Å²) < 4.78 is 32.8. The first-order valence-corrected chi connectivity index (χ1v) is 6.28. The van der Waals surface area contributed by atoms with Crippen molar-refractivity contribution >= 4 is 11.8 Å². The summed E-state index contributed by atoms with van der Waals surface area (Å²) >= 11 is 1.04. The van der Waals surface area contributed by atoms with Crippen LogP contribution in [-0.2, 0) is 6.54 Å². The van der Waals surface area contributed by atoms with Gasteiger partial charge in [-0.25, -0.2) is 8.78 Å². The molecule has 0 aliphatic rings. The average Bonchev–Trinajstić information content (AvgIpc) is 2.70. The summed E-state index contributed by atoms with van der Waals surface area (Å²) in [5, 5.41) is 2.86. The highest BCUT2D eigenvalue weighted by Gasteiger charge is 2.14. The Hall–Kier alpha value is -1.33. The Bertz CT molecular complexity index is 531. The Morgan fingerprint density at radius 2 is 1.94 bits per heavy atom. The molecule has 96 valence electrons. The molecule has 1 aromatic carbocycles. The minimum atomic E-state index is -0.550. The van der Waals surface area contributed by atoms with Crippen molar-refractivity contribution in [2.75, 3.05) is 7.05 Å². The summed E-state index contributed by atoms with van der Waals surface area (Å²) in [5.41, 5.74) is 0.584. The van der Waals surface area contributed by atoms with Gasteiger partial charge in [0.1, 0.15) is 17.4 Å². The van der Waals surface area contributed by atoms with E-state index in [0.29, 0.717) is 22.8 Å². The fourth-order valence-electron chi connectivity index (χ4n) is 1.61. The Balaban J connectivity index is 2.31. The summed E-state index contributed by atoms with van der Waals surface area (Å²) in [7, 11) is 1.73. The van der Waals surface area contributed by atoms with Crippen LogP contribution in [0.2, 0.25) is 0 Å². The van der Waals surface area contributed by atoms with E-state index < -0.39 is 11.6 Å². The van der Waals surface area contributed by atoms with Crippen LogP contribution in [0, 0.1) is 18.6 Å². The molecule has 0 spiro atoms. The van der Waals surface area contributed by atoms with Gasteiger partial charge in [0, 0.05) is 6.54 Å². The Labute approximate surface area is 108 Å². The third-order valence-electron chi connectivity index (χ3n) is 2.46. The van der Waals surface area contributed by atoms with E-state index in [1.807, 2.05) is 0 Å². The van der Waals surface area contributed by atoms with Crippen LogP contribution in [0.15, 0.2) is 38.7 Å². The van der Waals surface area contributed by atoms with Crippen LogP contribution in [0.25, 0.3) is 0 Å². The van der Waals surface area contributed by atoms with Crippen LogP contribution < -0.4 is 5.32 Å². The lowest BCUT2D eigenvalue weighted by molar-refractivity contribution is 0.525. The average molecular weight is 269 g/mol. The maximum Gasteiger partial charge on any atom is 0.140 e. The van der Waals surface area contributed by atoms with Gasteiger partial charge in [-0.3, -0.25) is 0 Å². The van der Waals surface area contributed by atoms with Crippen LogP contribution in [-0.4, -0.2) is 7.05 Å². The first-order valence-electron chi connectivity index (χ1n) is 5.46. The van der Waals surface area contributed by atoms with Crippen LogP contribution in [0.5, 0.6) is 0 Å². The molecule has 1 N–H and O–H groups in total. The molecule has 18 heavy (non-hydrogen) atoms. The van der Waals surface area contributed by atoms with Gasteiger partial charge in [0.05, 0.1) is 16.1 Å². The molecular weight excluding hydrogens is 256 g/mol. The van der Waals surface area contributed by atoms with Crippen LogP contribution in [0.1, 0.15) is 11.3 Å². The Morgan fingerprint density at radius 3 is 2.44 bits per heavy atom. The summed E-state index contributed by atoms with van der Waals surface area (Å²) in [6.07, 6.45) is 1.50. The van der Waals surface area contributed by atoms with Crippen molar-refractivity contribution in [3.63, 3.8) is 0 Å². The first-order chi connectivity index (χ1) is 8.61. The first kappa shape index (κ1) is 13.1. The molecule has 2 nitrogen and oxygen atoms in total. The summed E-state index contributed by atoms with van der Waals surface area (Å²) in [6.45, 7) is 2.19. The molecule has 0 bridgehead atoms. The van der Waals surface area contributed by atoms with Gasteiger partial charge < -0.3 is 9.73 Å². The maximum atomic E-state index is 13.8. The van der Waals surface area contributed by atoms with Crippen LogP contribution in [0.4, 0.5) is 8.78 Å². The lowest BCUT2D eigenvalue weighted by atomic mass is 10.2. The fraction of sp³-hybridized carbons (Fsp3) is 0.231. The summed E-state index contributed by atoms with van der Waals surface area (Å²) in [6, 6.07) is 4.38. The van der Waals surface area contributed by atoms with Gasteiger partial charge in [0.2, 0.25) is 0 Å². The van der Waals surface area contributed by atoms with Crippen molar-refractivity contribution in [3.05, 3.63) is 47.4 Å². The molecule has 2 aromatic rings. The predicted octanol–water partition coefficient (Wildman–Crippen LogP) is 3.74. The zero-order valence-electron chi connectivity index (χ0n) is 10.1. The standard InChI is InChI=1S/C13H13F2NOS/c1-8-12(3-4-17-8)18-13-10(14)5-9(7-16-2)6-11(13)15/h3-6,16H,7H2,1-2H3. The van der Waals surface area contributed by atoms with Gasteiger partial charge in [0.15, 0.2) is 0 Å². The van der Waals surface area contributed by atoms with Crippen molar-refractivity contribution in [3.8, 4) is 0 Å². The van der Waals surface area contributed by atoms with E-state index in [4.69, 9.17) is 4.42 Å². The maximum absolute atomic E-state index is 13.8. The lowest BCUT2D eigenvalue weighted by Gasteiger charge is -2.07. The van der Waals surface area contributed by atoms with Gasteiger partial charge in [-0.15, -0.1) is 0 Å². The molecule has 0 saturated heterocycles. The second-order valence-corrected chi connectivity index (χ2v) is 4.91. The van der Waals surface area contributed by atoms with E-state index in [-0.39, 0.29) is 4.90 Å². The third-order valence-corrected chi connectivity index (χ3v) is 3.70. The van der Waals surface area contributed by atoms with Gasteiger partial charge in [-0.1, -0.05) is 11.8 Å². The fourth-order valence-corrected chi connectivity index (χ4v) is 2.45.